The van der Waals surface area contributed by atoms with Gasteiger partial charge in [-0.25, -0.2) is 4.39 Å². The molecule has 2 aliphatic rings. The standard InChI is InChI=1S/C26H27FOS/c27-24-16-22(21-10-8-20(9-11-21)19-6-3-7-19)12-13-23(24)25-14-15-26(29-25)28-17-18-4-1-2-5-18/h8-16,18-19H,1-7,17H2. The number of hydrogen-bond acceptors (Lipinski definition) is 2. The van der Waals surface area contributed by atoms with E-state index in [4.69, 9.17) is 4.74 Å². The van der Waals surface area contributed by atoms with Crippen LogP contribution in [-0.2, 0) is 0 Å². The molecule has 5 rings (SSSR count). The van der Waals surface area contributed by atoms with E-state index in [0.29, 0.717) is 11.5 Å². The molecule has 3 heteroatoms. The first-order valence-corrected chi connectivity index (χ1v) is 11.7. The van der Waals surface area contributed by atoms with Gasteiger partial charge in [0, 0.05) is 10.4 Å². The van der Waals surface area contributed by atoms with Crippen molar-refractivity contribution in [2.24, 2.45) is 5.92 Å². The first-order chi connectivity index (χ1) is 14.3. The second kappa shape index (κ2) is 8.31. The summed E-state index contributed by atoms with van der Waals surface area (Å²) in [6.45, 7) is 0.790. The average molecular weight is 407 g/mol. The van der Waals surface area contributed by atoms with Crippen molar-refractivity contribution in [2.45, 2.75) is 50.9 Å². The quantitative estimate of drug-likeness (QED) is 0.402. The van der Waals surface area contributed by atoms with Crippen LogP contribution in [0.25, 0.3) is 21.6 Å². The Hall–Kier alpha value is -2.13. The Morgan fingerprint density at radius 1 is 0.828 bits per heavy atom. The third kappa shape index (κ3) is 4.11. The molecular formula is C26H27FOS. The molecule has 2 aliphatic carbocycles. The third-order valence-electron chi connectivity index (χ3n) is 6.57. The molecule has 2 aromatic carbocycles. The van der Waals surface area contributed by atoms with Crippen LogP contribution in [0.3, 0.4) is 0 Å². The van der Waals surface area contributed by atoms with Gasteiger partial charge >= 0.3 is 0 Å². The molecule has 0 bridgehead atoms. The minimum Gasteiger partial charge on any atom is -0.484 e. The highest BCUT2D eigenvalue weighted by molar-refractivity contribution is 7.17. The molecule has 1 heterocycles. The average Bonchev–Trinajstić information content (AvgIpc) is 3.37. The van der Waals surface area contributed by atoms with E-state index < -0.39 is 0 Å². The predicted octanol–water partition coefficient (Wildman–Crippen LogP) is 8.06. The zero-order valence-corrected chi connectivity index (χ0v) is 17.5. The first-order valence-electron chi connectivity index (χ1n) is 10.9. The largest absolute Gasteiger partial charge is 0.484 e. The van der Waals surface area contributed by atoms with Crippen LogP contribution in [0.2, 0.25) is 0 Å². The maximum atomic E-state index is 14.9. The van der Waals surface area contributed by atoms with Crippen molar-refractivity contribution in [1.29, 1.82) is 0 Å². The van der Waals surface area contributed by atoms with Crippen LogP contribution < -0.4 is 4.74 Å². The summed E-state index contributed by atoms with van der Waals surface area (Å²) in [6, 6.07) is 18.2. The minimum absolute atomic E-state index is 0.172. The van der Waals surface area contributed by atoms with Crippen molar-refractivity contribution < 1.29 is 9.13 Å². The third-order valence-corrected chi connectivity index (χ3v) is 7.60. The van der Waals surface area contributed by atoms with Crippen molar-refractivity contribution in [1.82, 2.24) is 0 Å². The van der Waals surface area contributed by atoms with E-state index in [0.717, 1.165) is 33.6 Å². The lowest BCUT2D eigenvalue weighted by Crippen LogP contribution is -2.08. The van der Waals surface area contributed by atoms with Gasteiger partial charge in [0.2, 0.25) is 0 Å². The number of ether oxygens (including phenoxy) is 1. The number of thiophene rings is 1. The van der Waals surface area contributed by atoms with E-state index in [9.17, 15) is 4.39 Å². The molecule has 2 fully saturated rings. The van der Waals surface area contributed by atoms with Gasteiger partial charge in [-0.2, -0.15) is 0 Å². The molecule has 3 aromatic rings. The summed E-state index contributed by atoms with van der Waals surface area (Å²) in [5.41, 5.74) is 4.08. The van der Waals surface area contributed by atoms with Crippen molar-refractivity contribution >= 4 is 11.3 Å². The van der Waals surface area contributed by atoms with Gasteiger partial charge in [0.05, 0.1) is 6.61 Å². The van der Waals surface area contributed by atoms with Crippen LogP contribution in [-0.4, -0.2) is 6.61 Å². The Labute approximate surface area is 176 Å². The highest BCUT2D eigenvalue weighted by Gasteiger charge is 2.19. The Balaban J connectivity index is 1.29. The Morgan fingerprint density at radius 3 is 2.28 bits per heavy atom. The van der Waals surface area contributed by atoms with Gasteiger partial charge in [0.15, 0.2) is 5.06 Å². The number of halogens is 1. The smallest absolute Gasteiger partial charge is 0.174 e. The highest BCUT2D eigenvalue weighted by Crippen LogP contribution is 2.38. The van der Waals surface area contributed by atoms with Gasteiger partial charge in [-0.05, 0) is 78.5 Å². The molecule has 0 radical (unpaired) electrons. The minimum atomic E-state index is -0.172. The van der Waals surface area contributed by atoms with E-state index >= 15 is 0 Å². The summed E-state index contributed by atoms with van der Waals surface area (Å²) >= 11 is 1.54. The second-order valence-corrected chi connectivity index (χ2v) is 9.57. The fraction of sp³-hybridized carbons (Fsp3) is 0.385. The molecule has 1 nitrogen and oxygen atoms in total. The molecule has 0 spiro atoms. The number of rotatable bonds is 6. The maximum absolute atomic E-state index is 14.9. The molecule has 2 saturated carbocycles. The van der Waals surface area contributed by atoms with Gasteiger partial charge in [-0.15, -0.1) is 0 Å². The molecule has 0 N–H and O–H groups in total. The van der Waals surface area contributed by atoms with Crippen molar-refractivity contribution in [3.8, 4) is 26.6 Å². The summed E-state index contributed by atoms with van der Waals surface area (Å²) in [5.74, 6) is 1.24. The highest BCUT2D eigenvalue weighted by atomic mass is 32.1. The topological polar surface area (TPSA) is 9.23 Å². The predicted molar refractivity (Wildman–Crippen MR) is 119 cm³/mol. The first kappa shape index (κ1) is 18.9. The molecule has 29 heavy (non-hydrogen) atoms. The van der Waals surface area contributed by atoms with Crippen LogP contribution in [0.4, 0.5) is 4.39 Å². The van der Waals surface area contributed by atoms with Gasteiger partial charge in [0.1, 0.15) is 5.82 Å². The molecule has 0 atom stereocenters. The van der Waals surface area contributed by atoms with E-state index in [1.54, 1.807) is 6.07 Å². The van der Waals surface area contributed by atoms with Gasteiger partial charge < -0.3 is 4.74 Å². The summed E-state index contributed by atoms with van der Waals surface area (Å²) in [4.78, 5) is 0.927. The summed E-state index contributed by atoms with van der Waals surface area (Å²) < 4.78 is 20.9. The van der Waals surface area contributed by atoms with Crippen LogP contribution in [0.5, 0.6) is 5.06 Å². The number of hydrogen-bond donors (Lipinski definition) is 0. The van der Waals surface area contributed by atoms with Crippen LogP contribution in [0.1, 0.15) is 56.4 Å². The fourth-order valence-corrected chi connectivity index (χ4v) is 5.39. The molecule has 150 valence electrons. The maximum Gasteiger partial charge on any atom is 0.174 e. The molecule has 1 aromatic heterocycles. The lowest BCUT2D eigenvalue weighted by molar-refractivity contribution is 0.259. The Bertz CT molecular complexity index is 965. The second-order valence-electron chi connectivity index (χ2n) is 8.52. The molecular weight excluding hydrogens is 379 g/mol. The normalized spacial score (nSPS) is 17.4. The molecule has 0 unspecified atom stereocenters. The zero-order valence-electron chi connectivity index (χ0n) is 16.7. The van der Waals surface area contributed by atoms with Gasteiger partial charge in [-0.3, -0.25) is 0 Å². The van der Waals surface area contributed by atoms with Crippen LogP contribution >= 0.6 is 11.3 Å². The lowest BCUT2D eigenvalue weighted by atomic mass is 9.80. The van der Waals surface area contributed by atoms with Crippen molar-refractivity contribution in [2.75, 3.05) is 6.61 Å². The van der Waals surface area contributed by atoms with Gasteiger partial charge in [-0.1, -0.05) is 60.9 Å². The SMILES string of the molecule is Fc1cc(-c2ccc(C3CCC3)cc2)ccc1-c1ccc(OCC2CCCC2)s1. The summed E-state index contributed by atoms with van der Waals surface area (Å²) in [7, 11) is 0. The van der Waals surface area contributed by atoms with Crippen LogP contribution in [0, 0.1) is 11.7 Å². The summed E-state index contributed by atoms with van der Waals surface area (Å²) in [5, 5.41) is 0.891. The molecule has 0 aliphatic heterocycles. The Morgan fingerprint density at radius 2 is 1.59 bits per heavy atom. The fourth-order valence-electron chi connectivity index (χ4n) is 4.50. The zero-order chi connectivity index (χ0) is 19.6. The van der Waals surface area contributed by atoms with E-state index in [1.807, 2.05) is 24.3 Å². The molecule has 0 amide bonds. The van der Waals surface area contributed by atoms with E-state index in [1.165, 1.54) is 61.8 Å². The number of benzene rings is 2. The van der Waals surface area contributed by atoms with Crippen molar-refractivity contribution in [3.63, 3.8) is 0 Å². The van der Waals surface area contributed by atoms with E-state index in [-0.39, 0.29) is 5.82 Å². The van der Waals surface area contributed by atoms with Gasteiger partial charge in [0.25, 0.3) is 0 Å². The molecule has 0 saturated heterocycles. The van der Waals surface area contributed by atoms with Crippen LogP contribution in [0.15, 0.2) is 54.6 Å². The summed E-state index contributed by atoms with van der Waals surface area (Å²) in [6.07, 6.45) is 9.14. The van der Waals surface area contributed by atoms with Crippen molar-refractivity contribution in [3.05, 3.63) is 66.0 Å². The Kier molecular flexibility index (Phi) is 5.41. The van der Waals surface area contributed by atoms with E-state index in [2.05, 4.69) is 24.3 Å². The lowest BCUT2D eigenvalue weighted by Gasteiger charge is -2.25. The monoisotopic (exact) mass is 406 g/mol.